The van der Waals surface area contributed by atoms with Crippen molar-refractivity contribution in [2.24, 2.45) is 5.92 Å². The summed E-state index contributed by atoms with van der Waals surface area (Å²) in [4.78, 5) is 24.8. The van der Waals surface area contributed by atoms with Crippen LogP contribution in [0.15, 0.2) is 0 Å². The van der Waals surface area contributed by atoms with Crippen LogP contribution in [0.25, 0.3) is 0 Å². The fraction of sp³-hybridized carbons (Fsp3) is 0.857. The van der Waals surface area contributed by atoms with Crippen molar-refractivity contribution >= 4 is 11.9 Å². The van der Waals surface area contributed by atoms with Gasteiger partial charge in [-0.25, -0.2) is 0 Å². The van der Waals surface area contributed by atoms with Gasteiger partial charge < -0.3 is 10.4 Å². The molecule has 0 aromatic rings. The second-order valence-electron chi connectivity index (χ2n) is 5.73. The lowest BCUT2D eigenvalue weighted by Crippen LogP contribution is -2.56. The van der Waals surface area contributed by atoms with Crippen molar-refractivity contribution in [2.75, 3.05) is 19.6 Å². The molecule has 1 heterocycles. The normalized spacial score (nSPS) is 26.1. The van der Waals surface area contributed by atoms with Gasteiger partial charge in [0.25, 0.3) is 0 Å². The first-order valence-corrected chi connectivity index (χ1v) is 7.40. The van der Waals surface area contributed by atoms with Crippen molar-refractivity contribution in [2.45, 2.75) is 51.0 Å². The van der Waals surface area contributed by atoms with Crippen LogP contribution in [0.2, 0.25) is 0 Å². The Morgan fingerprint density at radius 2 is 2.05 bits per heavy atom. The monoisotopic (exact) mass is 268 g/mol. The average molecular weight is 268 g/mol. The van der Waals surface area contributed by atoms with E-state index in [1.807, 2.05) is 0 Å². The Balaban J connectivity index is 1.90. The Labute approximate surface area is 114 Å². The van der Waals surface area contributed by atoms with Crippen molar-refractivity contribution in [1.82, 2.24) is 10.2 Å². The van der Waals surface area contributed by atoms with E-state index in [2.05, 4.69) is 10.2 Å². The van der Waals surface area contributed by atoms with E-state index in [1.54, 1.807) is 0 Å². The summed E-state index contributed by atoms with van der Waals surface area (Å²) in [6.07, 6.45) is 7.31. The van der Waals surface area contributed by atoms with Gasteiger partial charge in [-0.1, -0.05) is 32.1 Å². The predicted molar refractivity (Wildman–Crippen MR) is 71.8 cm³/mol. The minimum atomic E-state index is -0.789. The molecule has 1 aliphatic heterocycles. The second-order valence-corrected chi connectivity index (χ2v) is 5.73. The van der Waals surface area contributed by atoms with Gasteiger partial charge in [0.05, 0.1) is 12.5 Å². The van der Waals surface area contributed by atoms with E-state index in [0.717, 1.165) is 13.0 Å². The quantitative estimate of drug-likeness (QED) is 0.787. The van der Waals surface area contributed by atoms with Gasteiger partial charge in [-0.15, -0.1) is 0 Å². The molecule has 1 saturated carbocycles. The Morgan fingerprint density at radius 3 is 2.74 bits per heavy atom. The zero-order valence-corrected chi connectivity index (χ0v) is 11.4. The number of carboxylic acids is 1. The molecule has 2 aliphatic rings. The molecule has 1 amide bonds. The molecule has 1 atom stereocenters. The van der Waals surface area contributed by atoms with Crippen LogP contribution in [0.1, 0.15) is 44.9 Å². The van der Waals surface area contributed by atoms with E-state index < -0.39 is 5.97 Å². The lowest BCUT2D eigenvalue weighted by Gasteiger charge is -2.37. The molecular formula is C14H24N2O3. The highest BCUT2D eigenvalue weighted by Crippen LogP contribution is 2.29. The number of carbonyl (C=O) groups excluding carboxylic acids is 1. The van der Waals surface area contributed by atoms with Crippen molar-refractivity contribution < 1.29 is 14.7 Å². The van der Waals surface area contributed by atoms with Gasteiger partial charge >= 0.3 is 5.97 Å². The number of rotatable bonds is 5. The van der Waals surface area contributed by atoms with Crippen LogP contribution in [0.4, 0.5) is 0 Å². The number of aliphatic carboxylic acids is 1. The largest absolute Gasteiger partial charge is 0.481 e. The molecule has 5 nitrogen and oxygen atoms in total. The highest BCUT2D eigenvalue weighted by atomic mass is 16.4. The fourth-order valence-electron chi connectivity index (χ4n) is 3.26. The summed E-state index contributed by atoms with van der Waals surface area (Å²) in [5.74, 6) is -0.0699. The summed E-state index contributed by atoms with van der Waals surface area (Å²) < 4.78 is 0. The summed E-state index contributed by atoms with van der Waals surface area (Å²) in [5.41, 5.74) is 0. The number of hydrogen-bond donors (Lipinski definition) is 2. The summed E-state index contributed by atoms with van der Waals surface area (Å²) >= 11 is 0. The minimum absolute atomic E-state index is 0.0854. The third-order valence-corrected chi connectivity index (χ3v) is 4.34. The molecule has 2 rings (SSSR count). The Morgan fingerprint density at radius 1 is 1.32 bits per heavy atom. The topological polar surface area (TPSA) is 69.6 Å². The summed E-state index contributed by atoms with van der Waals surface area (Å²) in [7, 11) is 0. The lowest BCUT2D eigenvalue weighted by molar-refractivity contribution is -0.139. The van der Waals surface area contributed by atoms with E-state index in [1.165, 1.54) is 32.1 Å². The number of nitrogens with one attached hydrogen (secondary N) is 1. The van der Waals surface area contributed by atoms with E-state index in [-0.39, 0.29) is 18.4 Å². The maximum Gasteiger partial charge on any atom is 0.304 e. The first-order chi connectivity index (χ1) is 9.16. The van der Waals surface area contributed by atoms with Crippen LogP contribution in [-0.2, 0) is 9.59 Å². The predicted octanol–water partition coefficient (Wildman–Crippen LogP) is 1.23. The Hall–Kier alpha value is -1.10. The maximum atomic E-state index is 12.0. The molecule has 108 valence electrons. The van der Waals surface area contributed by atoms with Crippen molar-refractivity contribution in [3.05, 3.63) is 0 Å². The third kappa shape index (κ3) is 4.20. The van der Waals surface area contributed by atoms with E-state index in [0.29, 0.717) is 19.0 Å². The molecule has 5 heteroatoms. The molecule has 0 radical (unpaired) electrons. The number of carboxylic acid groups (broad SMARTS) is 1. The van der Waals surface area contributed by atoms with E-state index in [9.17, 15) is 9.59 Å². The first-order valence-electron chi connectivity index (χ1n) is 7.40. The summed E-state index contributed by atoms with van der Waals surface area (Å²) in [5, 5.41) is 11.7. The van der Waals surface area contributed by atoms with Gasteiger partial charge in [0.2, 0.25) is 5.91 Å². The lowest BCUT2D eigenvalue weighted by atomic mass is 9.84. The van der Waals surface area contributed by atoms with Gasteiger partial charge in [0.1, 0.15) is 0 Å². The number of amides is 1. The first kappa shape index (κ1) is 14.3. The van der Waals surface area contributed by atoms with Crippen molar-refractivity contribution in [3.63, 3.8) is 0 Å². The fourth-order valence-corrected chi connectivity index (χ4v) is 3.26. The molecular weight excluding hydrogens is 244 g/mol. The van der Waals surface area contributed by atoms with Crippen LogP contribution in [0.3, 0.4) is 0 Å². The standard InChI is InChI=1S/C14H24N2O3/c17-13(18)6-8-16-9-7-15-14(19)12(16)10-11-4-2-1-3-5-11/h11-12H,1-10H2,(H,15,19)(H,17,18). The molecule has 0 aromatic heterocycles. The Kier molecular flexibility index (Phi) is 5.19. The number of hydrogen-bond acceptors (Lipinski definition) is 3. The summed E-state index contributed by atoms with van der Waals surface area (Å²) in [6.45, 7) is 1.90. The number of carbonyl (C=O) groups is 2. The van der Waals surface area contributed by atoms with Crippen LogP contribution < -0.4 is 5.32 Å². The number of piperazine rings is 1. The van der Waals surface area contributed by atoms with Gasteiger partial charge in [-0.05, 0) is 12.3 Å². The van der Waals surface area contributed by atoms with Gasteiger partial charge in [-0.3, -0.25) is 14.5 Å². The van der Waals surface area contributed by atoms with Gasteiger partial charge in [-0.2, -0.15) is 0 Å². The molecule has 0 spiro atoms. The molecule has 2 fully saturated rings. The SMILES string of the molecule is O=C(O)CCN1CCNC(=O)C1CC1CCCCC1. The van der Waals surface area contributed by atoms with Crippen molar-refractivity contribution in [1.29, 1.82) is 0 Å². The minimum Gasteiger partial charge on any atom is -0.481 e. The highest BCUT2D eigenvalue weighted by Gasteiger charge is 2.32. The average Bonchev–Trinajstić information content (AvgIpc) is 2.40. The van der Waals surface area contributed by atoms with Crippen LogP contribution in [0, 0.1) is 5.92 Å². The molecule has 0 aromatic carbocycles. The molecule has 1 saturated heterocycles. The molecule has 0 bridgehead atoms. The number of nitrogens with zero attached hydrogens (tertiary/aromatic N) is 1. The maximum absolute atomic E-state index is 12.0. The Bertz CT molecular complexity index is 327. The van der Waals surface area contributed by atoms with E-state index >= 15 is 0 Å². The summed E-state index contributed by atoms with van der Waals surface area (Å²) in [6, 6.07) is -0.115. The second kappa shape index (κ2) is 6.89. The molecule has 1 aliphatic carbocycles. The third-order valence-electron chi connectivity index (χ3n) is 4.34. The van der Waals surface area contributed by atoms with E-state index in [4.69, 9.17) is 5.11 Å². The zero-order chi connectivity index (χ0) is 13.7. The van der Waals surface area contributed by atoms with Crippen LogP contribution in [-0.4, -0.2) is 47.6 Å². The molecule has 1 unspecified atom stereocenters. The van der Waals surface area contributed by atoms with Crippen LogP contribution >= 0.6 is 0 Å². The smallest absolute Gasteiger partial charge is 0.304 e. The highest BCUT2D eigenvalue weighted by molar-refractivity contribution is 5.82. The van der Waals surface area contributed by atoms with Crippen molar-refractivity contribution in [3.8, 4) is 0 Å². The molecule has 19 heavy (non-hydrogen) atoms. The molecule has 2 N–H and O–H groups in total. The van der Waals surface area contributed by atoms with Gasteiger partial charge in [0, 0.05) is 19.6 Å². The van der Waals surface area contributed by atoms with Crippen LogP contribution in [0.5, 0.6) is 0 Å². The zero-order valence-electron chi connectivity index (χ0n) is 11.4. The van der Waals surface area contributed by atoms with Gasteiger partial charge in [0.15, 0.2) is 0 Å².